The van der Waals surface area contributed by atoms with Crippen LogP contribution in [0.2, 0.25) is 0 Å². The Kier molecular flexibility index (Phi) is 4.92. The van der Waals surface area contributed by atoms with E-state index in [2.05, 4.69) is 5.32 Å². The molecule has 0 atom stereocenters. The number of aromatic carboxylic acids is 1. The second kappa shape index (κ2) is 7.71. The lowest BCUT2D eigenvalue weighted by molar-refractivity contribution is -0.122. The molecule has 154 valence electrons. The van der Waals surface area contributed by atoms with Crippen LogP contribution in [0.1, 0.15) is 16.1 Å². The fourth-order valence-corrected chi connectivity index (χ4v) is 3.19. The number of carboxylic acid groups (broad SMARTS) is 1. The van der Waals surface area contributed by atoms with Crippen molar-refractivity contribution in [2.45, 2.75) is 0 Å². The van der Waals surface area contributed by atoms with Gasteiger partial charge in [0.2, 0.25) is 0 Å². The molecule has 31 heavy (non-hydrogen) atoms. The smallest absolute Gasteiger partial charge is 0.335 e. The van der Waals surface area contributed by atoms with E-state index in [-0.39, 0.29) is 16.8 Å². The van der Waals surface area contributed by atoms with Crippen molar-refractivity contribution in [3.8, 4) is 5.69 Å². The fraction of sp³-hybridized carbons (Fsp3) is 0. The van der Waals surface area contributed by atoms with Gasteiger partial charge in [0.25, 0.3) is 11.8 Å². The van der Waals surface area contributed by atoms with Crippen molar-refractivity contribution in [2.75, 3.05) is 4.90 Å². The zero-order valence-electron chi connectivity index (χ0n) is 15.8. The Hall–Kier alpha value is -4.53. The van der Waals surface area contributed by atoms with E-state index in [1.807, 2.05) is 0 Å². The molecular weight excluding hydrogens is 405 g/mol. The maximum absolute atomic E-state index is 13.6. The number of aromatic nitrogens is 1. The van der Waals surface area contributed by atoms with Gasteiger partial charge < -0.3 is 9.67 Å². The van der Waals surface area contributed by atoms with Crippen LogP contribution in [0.5, 0.6) is 0 Å². The van der Waals surface area contributed by atoms with E-state index in [4.69, 9.17) is 0 Å². The molecule has 1 aromatic heterocycles. The molecule has 2 aromatic carbocycles. The zero-order valence-corrected chi connectivity index (χ0v) is 15.8. The zero-order chi connectivity index (χ0) is 22.1. The Labute approximate surface area is 174 Å². The van der Waals surface area contributed by atoms with Crippen molar-refractivity contribution < 1.29 is 28.7 Å². The maximum Gasteiger partial charge on any atom is 0.335 e. The van der Waals surface area contributed by atoms with Crippen molar-refractivity contribution in [2.24, 2.45) is 0 Å². The lowest BCUT2D eigenvalue weighted by atomic mass is 10.1. The SMILES string of the molecule is O=C1NC(=O)N(c2cccc(F)c2)C(=O)/C1=C/c1cccn1-c1cccc(C(=O)O)c1. The van der Waals surface area contributed by atoms with Gasteiger partial charge in [0.1, 0.15) is 11.4 Å². The number of hydrogen-bond acceptors (Lipinski definition) is 4. The highest BCUT2D eigenvalue weighted by Gasteiger charge is 2.37. The van der Waals surface area contributed by atoms with E-state index in [0.717, 1.165) is 12.1 Å². The van der Waals surface area contributed by atoms with Crippen LogP contribution in [0, 0.1) is 5.82 Å². The number of anilines is 1. The van der Waals surface area contributed by atoms with E-state index < -0.39 is 29.6 Å². The number of rotatable bonds is 4. The molecule has 1 saturated heterocycles. The summed E-state index contributed by atoms with van der Waals surface area (Å²) in [6.45, 7) is 0. The van der Waals surface area contributed by atoms with E-state index in [1.165, 1.54) is 30.3 Å². The first kappa shape index (κ1) is 19.8. The lowest BCUT2D eigenvalue weighted by Gasteiger charge is -2.26. The van der Waals surface area contributed by atoms with E-state index >= 15 is 0 Å². The van der Waals surface area contributed by atoms with Gasteiger partial charge in [-0.2, -0.15) is 0 Å². The molecule has 4 amide bonds. The van der Waals surface area contributed by atoms with Crippen molar-refractivity contribution >= 4 is 35.6 Å². The third-order valence-electron chi connectivity index (χ3n) is 4.61. The molecule has 1 fully saturated rings. The molecule has 1 aliphatic rings. The van der Waals surface area contributed by atoms with Crippen molar-refractivity contribution in [3.63, 3.8) is 0 Å². The predicted octanol–water partition coefficient (Wildman–Crippen LogP) is 2.98. The topological polar surface area (TPSA) is 109 Å². The Morgan fingerprint density at radius 3 is 2.45 bits per heavy atom. The monoisotopic (exact) mass is 419 g/mol. The number of amides is 4. The molecule has 0 unspecified atom stereocenters. The van der Waals surface area contributed by atoms with E-state index in [9.17, 15) is 28.7 Å². The summed E-state index contributed by atoms with van der Waals surface area (Å²) in [6, 6.07) is 13.3. The first-order valence-corrected chi connectivity index (χ1v) is 9.03. The number of barbiturate groups is 1. The minimum atomic E-state index is -1.10. The summed E-state index contributed by atoms with van der Waals surface area (Å²) >= 11 is 0. The molecule has 9 heteroatoms. The Balaban J connectivity index is 1.75. The molecule has 2 N–H and O–H groups in total. The first-order valence-electron chi connectivity index (χ1n) is 9.03. The number of carbonyl (C=O) groups is 4. The third kappa shape index (κ3) is 3.71. The van der Waals surface area contributed by atoms with Crippen LogP contribution >= 0.6 is 0 Å². The second-order valence-electron chi connectivity index (χ2n) is 6.60. The van der Waals surface area contributed by atoms with Gasteiger partial charge in [0, 0.05) is 17.6 Å². The van der Waals surface area contributed by atoms with E-state index in [1.54, 1.807) is 35.0 Å². The molecule has 3 aromatic rings. The van der Waals surface area contributed by atoms with Gasteiger partial charge in [0.05, 0.1) is 11.3 Å². The molecule has 0 radical (unpaired) electrons. The largest absolute Gasteiger partial charge is 0.478 e. The number of carbonyl (C=O) groups excluding carboxylic acids is 3. The summed E-state index contributed by atoms with van der Waals surface area (Å²) < 4.78 is 15.2. The number of nitrogens with zero attached hydrogens (tertiary/aromatic N) is 2. The minimum absolute atomic E-state index is 0.0227. The number of imide groups is 2. The molecular formula is C22H14FN3O5. The number of hydrogen-bond donors (Lipinski definition) is 2. The Morgan fingerprint density at radius 2 is 1.71 bits per heavy atom. The summed E-state index contributed by atoms with van der Waals surface area (Å²) in [4.78, 5) is 49.5. The van der Waals surface area contributed by atoms with Crippen molar-refractivity contribution in [1.82, 2.24) is 9.88 Å². The van der Waals surface area contributed by atoms with E-state index in [0.29, 0.717) is 16.3 Å². The highest BCUT2D eigenvalue weighted by Crippen LogP contribution is 2.24. The molecule has 0 spiro atoms. The minimum Gasteiger partial charge on any atom is -0.478 e. The molecule has 2 heterocycles. The molecule has 0 saturated carbocycles. The highest BCUT2D eigenvalue weighted by molar-refractivity contribution is 6.39. The average Bonchev–Trinajstić information content (AvgIpc) is 3.19. The Bertz CT molecular complexity index is 1280. The molecule has 0 aliphatic carbocycles. The van der Waals surface area contributed by atoms with Crippen LogP contribution in [-0.4, -0.2) is 33.5 Å². The number of urea groups is 1. The van der Waals surface area contributed by atoms with Crippen LogP contribution in [0.3, 0.4) is 0 Å². The molecule has 8 nitrogen and oxygen atoms in total. The molecule has 4 rings (SSSR count). The first-order chi connectivity index (χ1) is 14.8. The van der Waals surface area contributed by atoms with Gasteiger partial charge in [-0.3, -0.25) is 14.9 Å². The predicted molar refractivity (Wildman–Crippen MR) is 108 cm³/mol. The fourth-order valence-electron chi connectivity index (χ4n) is 3.19. The van der Waals surface area contributed by atoms with Gasteiger partial charge in [0.15, 0.2) is 0 Å². The standard InChI is InChI=1S/C22H14FN3O5/c23-14-5-2-7-17(11-14)26-20(28)18(19(27)24-22(26)31)12-16-8-3-9-25(16)15-6-1-4-13(10-15)21(29)30/h1-12H,(H,29,30)(H,24,27,31)/b18-12+. The number of carboxylic acids is 1. The summed E-state index contributed by atoms with van der Waals surface area (Å²) in [6.07, 6.45) is 2.91. The van der Waals surface area contributed by atoms with Crippen LogP contribution in [-0.2, 0) is 9.59 Å². The molecule has 1 aliphatic heterocycles. The van der Waals surface area contributed by atoms with Crippen LogP contribution < -0.4 is 10.2 Å². The van der Waals surface area contributed by atoms with Gasteiger partial charge in [-0.15, -0.1) is 0 Å². The lowest BCUT2D eigenvalue weighted by Crippen LogP contribution is -2.54. The van der Waals surface area contributed by atoms with Gasteiger partial charge in [-0.1, -0.05) is 12.1 Å². The third-order valence-corrected chi connectivity index (χ3v) is 4.61. The average molecular weight is 419 g/mol. The highest BCUT2D eigenvalue weighted by atomic mass is 19.1. The number of halogens is 1. The second-order valence-corrected chi connectivity index (χ2v) is 6.60. The van der Waals surface area contributed by atoms with Gasteiger partial charge in [-0.25, -0.2) is 18.9 Å². The number of nitrogens with one attached hydrogen (secondary N) is 1. The quantitative estimate of drug-likeness (QED) is 0.499. The van der Waals surface area contributed by atoms with Crippen LogP contribution in [0.25, 0.3) is 11.8 Å². The van der Waals surface area contributed by atoms with Gasteiger partial charge in [-0.05, 0) is 54.6 Å². The molecule has 0 bridgehead atoms. The summed E-state index contributed by atoms with van der Waals surface area (Å²) in [5.41, 5.74) is 0.607. The van der Waals surface area contributed by atoms with Crippen molar-refractivity contribution in [1.29, 1.82) is 0 Å². The maximum atomic E-state index is 13.6. The summed E-state index contributed by atoms with van der Waals surface area (Å²) in [5, 5.41) is 11.3. The Morgan fingerprint density at radius 1 is 0.968 bits per heavy atom. The normalized spacial score (nSPS) is 15.3. The van der Waals surface area contributed by atoms with Crippen molar-refractivity contribution in [3.05, 3.63) is 89.5 Å². The number of benzene rings is 2. The van der Waals surface area contributed by atoms with Crippen LogP contribution in [0.4, 0.5) is 14.9 Å². The summed E-state index contributed by atoms with van der Waals surface area (Å²) in [5.74, 6) is -3.55. The van der Waals surface area contributed by atoms with Crippen LogP contribution in [0.15, 0.2) is 72.4 Å². The summed E-state index contributed by atoms with van der Waals surface area (Å²) in [7, 11) is 0. The van der Waals surface area contributed by atoms with Gasteiger partial charge >= 0.3 is 12.0 Å².